The zero-order valence-electron chi connectivity index (χ0n) is 19.2. The summed E-state index contributed by atoms with van der Waals surface area (Å²) < 4.78 is 12.9. The number of hydrogen-bond acceptors (Lipinski definition) is 6. The largest absolute Gasteiger partial charge is 0.480 e. The third-order valence-corrected chi connectivity index (χ3v) is 6.14. The fraction of sp³-hybridized carbons (Fsp3) is 0.429. The normalized spacial score (nSPS) is 15.3. The molecule has 12 nitrogen and oxygen atoms in total. The lowest BCUT2D eigenvalue weighted by atomic mass is 10.0. The van der Waals surface area contributed by atoms with Crippen LogP contribution in [0.4, 0.5) is 0 Å². The molecule has 0 fully saturated rings. The molecule has 0 aliphatic carbocycles. The van der Waals surface area contributed by atoms with E-state index in [0.29, 0.717) is 10.2 Å². The molecule has 2 unspecified atom stereocenters. The Kier molecular flexibility index (Phi) is 9.51. The van der Waals surface area contributed by atoms with Crippen LogP contribution in [0.5, 0.6) is 0 Å². The Morgan fingerprint density at radius 1 is 1.21 bits per heavy atom. The number of nitrogens with zero attached hydrogens (tertiary/aromatic N) is 4. The van der Waals surface area contributed by atoms with Crippen LogP contribution in [0.15, 0.2) is 47.7 Å². The zero-order valence-corrected chi connectivity index (χ0v) is 20.1. The smallest absolute Gasteiger partial charge is 0.405 e. The summed E-state index contributed by atoms with van der Waals surface area (Å²) in [5.41, 5.74) is 0.661. The summed E-state index contributed by atoms with van der Waals surface area (Å²) in [5.74, 6) is -3.33. The Morgan fingerprint density at radius 3 is 2.32 bits per heavy atom. The molecule has 2 rings (SSSR count). The average Bonchev–Trinajstić information content (AvgIpc) is 2.76. The van der Waals surface area contributed by atoms with Crippen molar-refractivity contribution in [2.24, 2.45) is 10.9 Å². The maximum Gasteiger partial charge on any atom is 0.405 e. The van der Waals surface area contributed by atoms with E-state index in [-0.39, 0.29) is 13.0 Å². The number of rotatable bonds is 11. The van der Waals surface area contributed by atoms with Gasteiger partial charge in [-0.2, -0.15) is 4.67 Å². The number of benzene rings is 1. The first-order valence-electron chi connectivity index (χ1n) is 10.5. The van der Waals surface area contributed by atoms with E-state index in [4.69, 9.17) is 0 Å². The van der Waals surface area contributed by atoms with Crippen molar-refractivity contribution < 1.29 is 33.8 Å². The van der Waals surface area contributed by atoms with E-state index in [9.17, 15) is 33.8 Å². The lowest BCUT2D eigenvalue weighted by molar-refractivity contribution is -0.167. The molecule has 1 heterocycles. The van der Waals surface area contributed by atoms with Crippen molar-refractivity contribution in [2.45, 2.75) is 39.3 Å². The molecule has 2 amide bonds. The van der Waals surface area contributed by atoms with Gasteiger partial charge in [0.15, 0.2) is 6.04 Å². The first-order chi connectivity index (χ1) is 15.9. The number of hydrogen-bond donors (Lipinski definition) is 4. The molecule has 186 valence electrons. The van der Waals surface area contributed by atoms with Crippen LogP contribution in [0.2, 0.25) is 0 Å². The van der Waals surface area contributed by atoms with Gasteiger partial charge in [-0.3, -0.25) is 19.6 Å². The predicted octanol–water partition coefficient (Wildman–Crippen LogP) is 0.796. The van der Waals surface area contributed by atoms with Crippen molar-refractivity contribution in [3.05, 3.63) is 48.3 Å². The Hall–Kier alpha value is -3.05. The van der Waals surface area contributed by atoms with Gasteiger partial charge >= 0.3 is 13.7 Å². The van der Waals surface area contributed by atoms with Gasteiger partial charge in [-0.15, -0.1) is 0 Å². The second-order valence-electron chi connectivity index (χ2n) is 8.01. The van der Waals surface area contributed by atoms with Crippen LogP contribution in [0, 0.1) is 5.92 Å². The van der Waals surface area contributed by atoms with E-state index in [1.165, 1.54) is 30.5 Å². The minimum atomic E-state index is -5.04. The molecule has 2 atom stereocenters. The molecule has 0 radical (unpaired) electrons. The molecule has 0 bridgehead atoms. The molecule has 4 N–H and O–H groups in total. The fourth-order valence-electron chi connectivity index (χ4n) is 3.54. The number of carbonyl (C=O) groups excluding carboxylic acids is 2. The number of nitrogens with one attached hydrogen (secondary N) is 1. The highest BCUT2D eigenvalue weighted by Crippen LogP contribution is 2.43. The Labute approximate surface area is 197 Å². The molecule has 0 saturated carbocycles. The van der Waals surface area contributed by atoms with Crippen LogP contribution in [0.3, 0.4) is 0 Å². The first-order valence-corrected chi connectivity index (χ1v) is 12.1. The van der Waals surface area contributed by atoms with Gasteiger partial charge in [-0.05, 0) is 11.5 Å². The van der Waals surface area contributed by atoms with Crippen molar-refractivity contribution in [1.29, 1.82) is 0 Å². The standard InChI is InChI=1S/C21H30N5O7P/c1-15(2)19(25(34(31,32)33)14-23-16(3)27)20(28)26(24-11-9-22-10-12-24)18(21(29)30)13-17-7-5-4-6-8-17/h4-11,15,18-19H,12-14H2,1-3H3,(H,23,27)(H,29,30)(H2,31,32,33). The number of hydrazine groups is 1. The van der Waals surface area contributed by atoms with Crippen molar-refractivity contribution in [3.63, 3.8) is 0 Å². The van der Waals surface area contributed by atoms with Gasteiger partial charge in [0.1, 0.15) is 6.04 Å². The number of carboxylic acids is 1. The lowest BCUT2D eigenvalue weighted by Crippen LogP contribution is -2.61. The molecule has 1 aromatic carbocycles. The van der Waals surface area contributed by atoms with Gasteiger partial charge in [0.05, 0.1) is 13.2 Å². The second-order valence-corrected chi connectivity index (χ2v) is 9.55. The van der Waals surface area contributed by atoms with Gasteiger partial charge in [0, 0.05) is 32.0 Å². The quantitative estimate of drug-likeness (QED) is 0.257. The Balaban J connectivity index is 2.55. The molecule has 34 heavy (non-hydrogen) atoms. The molecule has 1 aliphatic rings. The number of aliphatic imine (C=N–C) groups is 1. The van der Waals surface area contributed by atoms with Gasteiger partial charge < -0.3 is 20.2 Å². The second kappa shape index (κ2) is 11.9. The Bertz CT molecular complexity index is 979. The van der Waals surface area contributed by atoms with Crippen molar-refractivity contribution in [2.75, 3.05) is 13.2 Å². The highest BCUT2D eigenvalue weighted by Gasteiger charge is 2.45. The van der Waals surface area contributed by atoms with Gasteiger partial charge in [0.25, 0.3) is 5.91 Å². The number of aliphatic carboxylic acids is 1. The van der Waals surface area contributed by atoms with E-state index < -0.39 is 50.2 Å². The average molecular weight is 495 g/mol. The molecule has 0 aromatic heterocycles. The van der Waals surface area contributed by atoms with Crippen LogP contribution in [0.1, 0.15) is 26.3 Å². The highest BCUT2D eigenvalue weighted by atomic mass is 31.2. The van der Waals surface area contributed by atoms with Crippen molar-refractivity contribution in [1.82, 2.24) is 20.0 Å². The van der Waals surface area contributed by atoms with Crippen LogP contribution in [-0.4, -0.2) is 78.9 Å². The molecule has 13 heteroatoms. The highest BCUT2D eigenvalue weighted by molar-refractivity contribution is 7.49. The number of carboxylic acid groups (broad SMARTS) is 1. The zero-order chi connectivity index (χ0) is 25.5. The van der Waals surface area contributed by atoms with Crippen LogP contribution >= 0.6 is 7.75 Å². The summed E-state index contributed by atoms with van der Waals surface area (Å²) >= 11 is 0. The van der Waals surface area contributed by atoms with Crippen LogP contribution in [-0.2, 0) is 25.4 Å². The topological polar surface area (TPSA) is 163 Å². The van der Waals surface area contributed by atoms with Gasteiger partial charge in [0.2, 0.25) is 5.91 Å². The van der Waals surface area contributed by atoms with Gasteiger partial charge in [-0.1, -0.05) is 44.2 Å². The summed E-state index contributed by atoms with van der Waals surface area (Å²) in [6.45, 7) is 3.81. The third kappa shape index (κ3) is 7.22. The summed E-state index contributed by atoms with van der Waals surface area (Å²) in [6.07, 6.45) is 4.24. The van der Waals surface area contributed by atoms with Crippen molar-refractivity contribution in [3.8, 4) is 0 Å². The number of amides is 2. The van der Waals surface area contributed by atoms with Gasteiger partial charge in [-0.25, -0.2) is 14.4 Å². The maximum atomic E-state index is 13.9. The van der Waals surface area contributed by atoms with E-state index in [1.807, 2.05) is 0 Å². The predicted molar refractivity (Wildman–Crippen MR) is 124 cm³/mol. The summed E-state index contributed by atoms with van der Waals surface area (Å²) in [5, 5.41) is 14.7. The molecule has 1 aromatic rings. The first kappa shape index (κ1) is 27.2. The summed E-state index contributed by atoms with van der Waals surface area (Å²) in [7, 11) is -5.04. The summed E-state index contributed by atoms with van der Waals surface area (Å²) in [4.78, 5) is 61.6. The van der Waals surface area contributed by atoms with E-state index in [2.05, 4.69) is 10.3 Å². The molecule has 1 aliphatic heterocycles. The summed E-state index contributed by atoms with van der Waals surface area (Å²) in [6, 6.07) is 5.89. The van der Waals surface area contributed by atoms with Crippen LogP contribution < -0.4 is 5.32 Å². The molecule has 0 spiro atoms. The molecular weight excluding hydrogens is 465 g/mol. The fourth-order valence-corrected chi connectivity index (χ4v) is 4.48. The maximum absolute atomic E-state index is 13.9. The minimum absolute atomic E-state index is 0.0458. The lowest BCUT2D eigenvalue weighted by Gasteiger charge is -2.43. The van der Waals surface area contributed by atoms with Crippen LogP contribution in [0.25, 0.3) is 0 Å². The monoisotopic (exact) mass is 495 g/mol. The Morgan fingerprint density at radius 2 is 1.85 bits per heavy atom. The SMILES string of the molecule is CC(=O)NCN(C(C(=O)N(C(Cc1ccccc1)C(=O)O)N1C=CN=CC1)C(C)C)P(=O)(O)O. The molecular formula is C21H30N5O7P. The third-order valence-electron chi connectivity index (χ3n) is 5.08. The molecule has 0 saturated heterocycles. The van der Waals surface area contributed by atoms with E-state index in [0.717, 1.165) is 5.01 Å². The van der Waals surface area contributed by atoms with E-state index in [1.54, 1.807) is 44.2 Å². The minimum Gasteiger partial charge on any atom is -0.480 e. The van der Waals surface area contributed by atoms with Crippen molar-refractivity contribution >= 4 is 31.7 Å². The number of carbonyl (C=O) groups is 3. The van der Waals surface area contributed by atoms with E-state index >= 15 is 0 Å².